The van der Waals surface area contributed by atoms with E-state index in [0.29, 0.717) is 6.04 Å². The third-order valence-electron chi connectivity index (χ3n) is 3.07. The molecule has 2 aromatic rings. The largest absolute Gasteiger partial charge is 0.369 e. The number of anilines is 2. The number of nitrogens with one attached hydrogen (secondary N) is 2. The van der Waals surface area contributed by atoms with Gasteiger partial charge in [0.05, 0.1) is 6.20 Å². The van der Waals surface area contributed by atoms with Crippen LogP contribution >= 0.6 is 0 Å². The molecule has 2 N–H and O–H groups in total. The van der Waals surface area contributed by atoms with Crippen molar-refractivity contribution >= 4 is 17.3 Å². The Labute approximate surface area is 118 Å². The predicted octanol–water partition coefficient (Wildman–Crippen LogP) is 2.29. The van der Waals surface area contributed by atoms with Crippen LogP contribution in [0.5, 0.6) is 0 Å². The Morgan fingerprint density at radius 2 is 2.05 bits per heavy atom. The highest BCUT2D eigenvalue weighted by Gasteiger charge is 2.10. The number of hydrogen-bond donors (Lipinski definition) is 2. The standard InChI is InChI=1S/C14H19N5O/c1-4-19(10(2)3)12-7-5-11(6-8-12)16-14(20)13-9-15-18-17-13/h5-10H,4H2,1-3H3,(H,16,20)(H,15,17,18). The Bertz CT molecular complexity index is 547. The summed E-state index contributed by atoms with van der Waals surface area (Å²) < 4.78 is 0. The number of aromatic amines is 1. The van der Waals surface area contributed by atoms with Crippen LogP contribution in [0.4, 0.5) is 11.4 Å². The van der Waals surface area contributed by atoms with Crippen LogP contribution in [-0.2, 0) is 0 Å². The molecule has 1 aromatic carbocycles. The van der Waals surface area contributed by atoms with Gasteiger partial charge in [0.2, 0.25) is 0 Å². The number of H-pyrrole nitrogens is 1. The number of hydrogen-bond acceptors (Lipinski definition) is 4. The molecule has 0 aliphatic carbocycles. The molecule has 6 nitrogen and oxygen atoms in total. The summed E-state index contributed by atoms with van der Waals surface area (Å²) in [4.78, 5) is 14.1. The molecule has 2 rings (SSSR count). The molecule has 0 bridgehead atoms. The maximum absolute atomic E-state index is 11.8. The summed E-state index contributed by atoms with van der Waals surface area (Å²) >= 11 is 0. The normalized spacial score (nSPS) is 10.6. The van der Waals surface area contributed by atoms with E-state index in [1.165, 1.54) is 6.20 Å². The molecule has 0 aliphatic heterocycles. The molecule has 0 spiro atoms. The maximum atomic E-state index is 11.8. The molecule has 0 saturated carbocycles. The van der Waals surface area contributed by atoms with Gasteiger partial charge in [-0.2, -0.15) is 15.4 Å². The molecular weight excluding hydrogens is 254 g/mol. The SMILES string of the molecule is CCN(c1ccc(NC(=O)c2cn[nH]n2)cc1)C(C)C. The molecule has 20 heavy (non-hydrogen) atoms. The second-order valence-corrected chi connectivity index (χ2v) is 4.74. The Kier molecular flexibility index (Phi) is 4.34. The minimum Gasteiger partial charge on any atom is -0.369 e. The molecule has 1 amide bonds. The molecule has 6 heteroatoms. The van der Waals surface area contributed by atoms with E-state index in [-0.39, 0.29) is 11.6 Å². The van der Waals surface area contributed by atoms with Crippen LogP contribution in [0.15, 0.2) is 30.5 Å². The number of benzene rings is 1. The van der Waals surface area contributed by atoms with Crippen LogP contribution in [0.1, 0.15) is 31.3 Å². The molecule has 1 heterocycles. The van der Waals surface area contributed by atoms with Crippen molar-refractivity contribution in [3.8, 4) is 0 Å². The van der Waals surface area contributed by atoms with Crippen molar-refractivity contribution < 1.29 is 4.79 Å². The summed E-state index contributed by atoms with van der Waals surface area (Å²) in [5, 5.41) is 12.5. The number of carbonyl (C=O) groups excluding carboxylic acids is 1. The highest BCUT2D eigenvalue weighted by molar-refractivity contribution is 6.02. The van der Waals surface area contributed by atoms with E-state index >= 15 is 0 Å². The van der Waals surface area contributed by atoms with Gasteiger partial charge in [0.1, 0.15) is 0 Å². The van der Waals surface area contributed by atoms with E-state index in [0.717, 1.165) is 17.9 Å². The Morgan fingerprint density at radius 3 is 2.55 bits per heavy atom. The molecule has 0 saturated heterocycles. The summed E-state index contributed by atoms with van der Waals surface area (Å²) in [7, 11) is 0. The minimum atomic E-state index is -0.275. The molecule has 0 unspecified atom stereocenters. The van der Waals surface area contributed by atoms with Crippen molar-refractivity contribution in [2.24, 2.45) is 0 Å². The lowest BCUT2D eigenvalue weighted by molar-refractivity contribution is 0.102. The Hall–Kier alpha value is -2.37. The zero-order valence-electron chi connectivity index (χ0n) is 11.9. The fraction of sp³-hybridized carbons (Fsp3) is 0.357. The van der Waals surface area contributed by atoms with Gasteiger partial charge >= 0.3 is 0 Å². The first-order valence-electron chi connectivity index (χ1n) is 6.65. The van der Waals surface area contributed by atoms with Crippen molar-refractivity contribution in [1.82, 2.24) is 15.4 Å². The lowest BCUT2D eigenvalue weighted by Gasteiger charge is -2.27. The third kappa shape index (κ3) is 3.14. The van der Waals surface area contributed by atoms with Crippen LogP contribution in [0.25, 0.3) is 0 Å². The minimum absolute atomic E-state index is 0.270. The zero-order chi connectivity index (χ0) is 14.5. The van der Waals surface area contributed by atoms with Gasteiger partial charge in [0, 0.05) is 24.0 Å². The molecule has 0 aliphatic rings. The highest BCUT2D eigenvalue weighted by atomic mass is 16.2. The predicted molar refractivity (Wildman–Crippen MR) is 78.9 cm³/mol. The fourth-order valence-corrected chi connectivity index (χ4v) is 2.09. The smallest absolute Gasteiger partial charge is 0.277 e. The topological polar surface area (TPSA) is 73.9 Å². The van der Waals surface area contributed by atoms with Gasteiger partial charge in [0.25, 0.3) is 5.91 Å². The van der Waals surface area contributed by atoms with Crippen LogP contribution in [0, 0.1) is 0 Å². The van der Waals surface area contributed by atoms with Crippen molar-refractivity contribution in [2.45, 2.75) is 26.8 Å². The van der Waals surface area contributed by atoms with Gasteiger partial charge in [-0.15, -0.1) is 0 Å². The molecule has 0 atom stereocenters. The zero-order valence-corrected chi connectivity index (χ0v) is 11.9. The fourth-order valence-electron chi connectivity index (χ4n) is 2.09. The van der Waals surface area contributed by atoms with Crippen LogP contribution < -0.4 is 10.2 Å². The summed E-state index contributed by atoms with van der Waals surface area (Å²) in [5.74, 6) is -0.275. The summed E-state index contributed by atoms with van der Waals surface area (Å²) in [5.41, 5.74) is 2.15. The van der Waals surface area contributed by atoms with Gasteiger partial charge < -0.3 is 10.2 Å². The summed E-state index contributed by atoms with van der Waals surface area (Å²) in [6.45, 7) is 7.39. The van der Waals surface area contributed by atoms with Gasteiger partial charge in [0.15, 0.2) is 5.69 Å². The quantitative estimate of drug-likeness (QED) is 0.876. The number of amides is 1. The van der Waals surface area contributed by atoms with E-state index in [1.807, 2.05) is 24.3 Å². The Balaban J connectivity index is 2.07. The number of aromatic nitrogens is 3. The van der Waals surface area contributed by atoms with Crippen LogP contribution in [-0.4, -0.2) is 33.9 Å². The average Bonchev–Trinajstić information content (AvgIpc) is 2.95. The van der Waals surface area contributed by atoms with Gasteiger partial charge in [-0.25, -0.2) is 0 Å². The van der Waals surface area contributed by atoms with E-state index in [1.54, 1.807) is 0 Å². The van der Waals surface area contributed by atoms with E-state index in [9.17, 15) is 4.79 Å². The van der Waals surface area contributed by atoms with Crippen molar-refractivity contribution in [1.29, 1.82) is 0 Å². The van der Waals surface area contributed by atoms with Crippen molar-refractivity contribution in [3.63, 3.8) is 0 Å². The molecule has 0 radical (unpaired) electrons. The first-order chi connectivity index (χ1) is 9.61. The molecule has 106 valence electrons. The Morgan fingerprint density at radius 1 is 1.35 bits per heavy atom. The monoisotopic (exact) mass is 273 g/mol. The molecule has 0 fully saturated rings. The second-order valence-electron chi connectivity index (χ2n) is 4.74. The first kappa shape index (κ1) is 14.0. The van der Waals surface area contributed by atoms with Crippen molar-refractivity contribution in [3.05, 3.63) is 36.2 Å². The van der Waals surface area contributed by atoms with E-state index < -0.39 is 0 Å². The highest BCUT2D eigenvalue weighted by Crippen LogP contribution is 2.20. The van der Waals surface area contributed by atoms with Crippen LogP contribution in [0.2, 0.25) is 0 Å². The number of carbonyl (C=O) groups is 1. The van der Waals surface area contributed by atoms with Gasteiger partial charge in [-0.05, 0) is 45.0 Å². The summed E-state index contributed by atoms with van der Waals surface area (Å²) in [6.07, 6.45) is 1.39. The first-order valence-corrected chi connectivity index (χ1v) is 6.65. The number of nitrogens with zero attached hydrogens (tertiary/aromatic N) is 3. The van der Waals surface area contributed by atoms with Gasteiger partial charge in [-0.1, -0.05) is 0 Å². The van der Waals surface area contributed by atoms with E-state index in [2.05, 4.69) is 46.4 Å². The van der Waals surface area contributed by atoms with Crippen molar-refractivity contribution in [2.75, 3.05) is 16.8 Å². The lowest BCUT2D eigenvalue weighted by atomic mass is 10.2. The summed E-state index contributed by atoms with van der Waals surface area (Å²) in [6, 6.07) is 8.22. The third-order valence-corrected chi connectivity index (χ3v) is 3.07. The maximum Gasteiger partial charge on any atom is 0.277 e. The average molecular weight is 273 g/mol. The van der Waals surface area contributed by atoms with E-state index in [4.69, 9.17) is 0 Å². The lowest BCUT2D eigenvalue weighted by Crippen LogP contribution is -2.30. The van der Waals surface area contributed by atoms with Gasteiger partial charge in [-0.3, -0.25) is 4.79 Å². The molecular formula is C14H19N5O. The number of rotatable bonds is 5. The molecule has 1 aromatic heterocycles. The second kappa shape index (κ2) is 6.18. The van der Waals surface area contributed by atoms with Crippen LogP contribution in [0.3, 0.4) is 0 Å².